The van der Waals surface area contributed by atoms with Crippen LogP contribution in [0.25, 0.3) is 0 Å². The minimum Gasteiger partial charge on any atom is -0.376 e. The molecule has 4 atom stereocenters. The fourth-order valence-electron chi connectivity index (χ4n) is 3.87. The van der Waals surface area contributed by atoms with E-state index in [1.54, 1.807) is 0 Å². The van der Waals surface area contributed by atoms with Crippen LogP contribution in [0.15, 0.2) is 0 Å². The lowest BCUT2D eigenvalue weighted by Crippen LogP contribution is -2.20. The third-order valence-corrected chi connectivity index (χ3v) is 4.52. The Balaban J connectivity index is 3.91. The smallest absolute Gasteiger partial charge is 0.0550 e. The first-order valence-corrected chi connectivity index (χ1v) is 9.94. The normalized spacial score (nSPS) is 18.5. The maximum Gasteiger partial charge on any atom is 0.0550 e. The largest absolute Gasteiger partial charge is 0.376 e. The molecular formula is C22H46O. The van der Waals surface area contributed by atoms with E-state index in [1.807, 2.05) is 0 Å². The van der Waals surface area contributed by atoms with Crippen molar-refractivity contribution in [2.75, 3.05) is 0 Å². The van der Waals surface area contributed by atoms with Crippen LogP contribution in [0.4, 0.5) is 0 Å². The minimum atomic E-state index is 0.394. The number of ether oxygens (including phenoxy) is 1. The van der Waals surface area contributed by atoms with Crippen LogP contribution in [-0.2, 0) is 4.74 Å². The molecule has 0 amide bonds. The SMILES string of the molecule is CC(CCC(C)OC(C)CCC(C)CC(C)(C)C)CC(C)(C)C. The van der Waals surface area contributed by atoms with Crippen LogP contribution in [0.2, 0.25) is 0 Å². The monoisotopic (exact) mass is 326 g/mol. The Labute approximate surface area is 148 Å². The fourth-order valence-corrected chi connectivity index (χ4v) is 3.87. The van der Waals surface area contributed by atoms with Crippen molar-refractivity contribution in [1.82, 2.24) is 0 Å². The predicted octanol–water partition coefficient (Wildman–Crippen LogP) is 7.49. The van der Waals surface area contributed by atoms with Gasteiger partial charge in [0.1, 0.15) is 0 Å². The average molecular weight is 327 g/mol. The number of hydrogen-bond acceptors (Lipinski definition) is 1. The first-order chi connectivity index (χ1) is 10.3. The first kappa shape index (κ1) is 23.0. The van der Waals surface area contributed by atoms with E-state index < -0.39 is 0 Å². The average Bonchev–Trinajstić information content (AvgIpc) is 2.29. The lowest BCUT2D eigenvalue weighted by atomic mass is 9.83. The molecule has 0 aliphatic rings. The second kappa shape index (κ2) is 10.1. The second-order valence-electron chi connectivity index (χ2n) is 10.7. The van der Waals surface area contributed by atoms with Crippen LogP contribution in [0.3, 0.4) is 0 Å². The molecule has 1 heteroatoms. The van der Waals surface area contributed by atoms with Gasteiger partial charge in [-0.2, -0.15) is 0 Å². The van der Waals surface area contributed by atoms with Gasteiger partial charge in [0.2, 0.25) is 0 Å². The molecule has 1 nitrogen and oxygen atoms in total. The van der Waals surface area contributed by atoms with Gasteiger partial charge in [-0.25, -0.2) is 0 Å². The van der Waals surface area contributed by atoms with Gasteiger partial charge in [-0.15, -0.1) is 0 Å². The minimum absolute atomic E-state index is 0.394. The van der Waals surface area contributed by atoms with Crippen LogP contribution in [0, 0.1) is 22.7 Å². The van der Waals surface area contributed by atoms with Gasteiger partial charge >= 0.3 is 0 Å². The highest BCUT2D eigenvalue weighted by Gasteiger charge is 2.18. The zero-order valence-corrected chi connectivity index (χ0v) is 18.0. The fraction of sp³-hybridized carbons (Fsp3) is 1.00. The summed E-state index contributed by atoms with van der Waals surface area (Å²) in [5.74, 6) is 1.59. The third kappa shape index (κ3) is 15.2. The lowest BCUT2D eigenvalue weighted by molar-refractivity contribution is -0.00652. The summed E-state index contributed by atoms with van der Waals surface area (Å²) >= 11 is 0. The zero-order valence-electron chi connectivity index (χ0n) is 18.0. The third-order valence-electron chi connectivity index (χ3n) is 4.52. The molecule has 0 aromatic carbocycles. The summed E-state index contributed by atoms with van der Waals surface area (Å²) in [7, 11) is 0. The highest BCUT2D eigenvalue weighted by molar-refractivity contribution is 4.69. The van der Waals surface area contributed by atoms with Crippen molar-refractivity contribution in [2.45, 2.75) is 120 Å². The van der Waals surface area contributed by atoms with Gasteiger partial charge in [0.15, 0.2) is 0 Å². The van der Waals surface area contributed by atoms with Crippen molar-refractivity contribution < 1.29 is 4.74 Å². The number of hydrogen-bond donors (Lipinski definition) is 0. The molecule has 0 aromatic rings. The second-order valence-corrected chi connectivity index (χ2v) is 10.7. The quantitative estimate of drug-likeness (QED) is 0.404. The molecule has 0 aliphatic heterocycles. The molecule has 0 saturated heterocycles. The van der Waals surface area contributed by atoms with Gasteiger partial charge < -0.3 is 4.74 Å². The molecule has 0 aromatic heterocycles. The molecule has 0 N–H and O–H groups in total. The van der Waals surface area contributed by atoms with Gasteiger partial charge in [-0.1, -0.05) is 55.4 Å². The molecule has 23 heavy (non-hydrogen) atoms. The zero-order chi connectivity index (χ0) is 18.3. The Hall–Kier alpha value is -0.0400. The van der Waals surface area contributed by atoms with E-state index in [0.717, 1.165) is 11.8 Å². The predicted molar refractivity (Wildman–Crippen MR) is 105 cm³/mol. The number of rotatable bonds is 10. The van der Waals surface area contributed by atoms with E-state index in [9.17, 15) is 0 Å². The molecule has 0 heterocycles. The molecule has 0 rings (SSSR count). The van der Waals surface area contributed by atoms with Crippen LogP contribution in [0.5, 0.6) is 0 Å². The van der Waals surface area contributed by atoms with E-state index in [4.69, 9.17) is 4.74 Å². The summed E-state index contributed by atoms with van der Waals surface area (Å²) in [5, 5.41) is 0. The molecular weight excluding hydrogens is 280 g/mol. The molecule has 140 valence electrons. The van der Waals surface area contributed by atoms with Gasteiger partial charge in [0.25, 0.3) is 0 Å². The lowest BCUT2D eigenvalue weighted by Gasteiger charge is -2.26. The van der Waals surface area contributed by atoms with E-state index in [2.05, 4.69) is 69.2 Å². The molecule has 0 fully saturated rings. The summed E-state index contributed by atoms with van der Waals surface area (Å²) in [6.45, 7) is 23.3. The first-order valence-electron chi connectivity index (χ1n) is 9.94. The molecule has 0 saturated carbocycles. The summed E-state index contributed by atoms with van der Waals surface area (Å²) in [6, 6.07) is 0. The molecule has 4 unspecified atom stereocenters. The Kier molecular flexibility index (Phi) is 10.0. The topological polar surface area (TPSA) is 9.23 Å². The molecule has 0 aliphatic carbocycles. The molecule has 0 radical (unpaired) electrons. The summed E-state index contributed by atoms with van der Waals surface area (Å²) in [5.41, 5.74) is 0.889. The van der Waals surface area contributed by atoms with Crippen molar-refractivity contribution in [3.63, 3.8) is 0 Å². The molecule has 0 bridgehead atoms. The summed E-state index contributed by atoms with van der Waals surface area (Å²) in [6.07, 6.45) is 8.35. The van der Waals surface area contributed by atoms with E-state index in [1.165, 1.54) is 38.5 Å². The van der Waals surface area contributed by atoms with Crippen molar-refractivity contribution >= 4 is 0 Å². The summed E-state index contributed by atoms with van der Waals surface area (Å²) < 4.78 is 6.21. The van der Waals surface area contributed by atoms with Crippen LogP contribution >= 0.6 is 0 Å². The Morgan fingerprint density at radius 1 is 0.565 bits per heavy atom. The van der Waals surface area contributed by atoms with Crippen molar-refractivity contribution in [2.24, 2.45) is 22.7 Å². The highest BCUT2D eigenvalue weighted by atomic mass is 16.5. The Morgan fingerprint density at radius 3 is 1.13 bits per heavy atom. The maximum absolute atomic E-state index is 6.21. The standard InChI is InChI=1S/C22H46O/c1-17(15-21(5,6)7)11-13-19(3)23-20(4)14-12-18(2)16-22(8,9)10/h17-20H,11-16H2,1-10H3. The van der Waals surface area contributed by atoms with Crippen LogP contribution < -0.4 is 0 Å². The van der Waals surface area contributed by atoms with Crippen molar-refractivity contribution in [3.05, 3.63) is 0 Å². The van der Waals surface area contributed by atoms with Gasteiger partial charge in [0.05, 0.1) is 12.2 Å². The van der Waals surface area contributed by atoms with Crippen molar-refractivity contribution in [3.8, 4) is 0 Å². The van der Waals surface area contributed by atoms with E-state index in [-0.39, 0.29) is 0 Å². The molecule has 0 spiro atoms. The van der Waals surface area contributed by atoms with Crippen LogP contribution in [0.1, 0.15) is 108 Å². The van der Waals surface area contributed by atoms with E-state index in [0.29, 0.717) is 23.0 Å². The van der Waals surface area contributed by atoms with Crippen LogP contribution in [-0.4, -0.2) is 12.2 Å². The summed E-state index contributed by atoms with van der Waals surface area (Å²) in [4.78, 5) is 0. The highest BCUT2D eigenvalue weighted by Crippen LogP contribution is 2.29. The maximum atomic E-state index is 6.21. The van der Waals surface area contributed by atoms with Crippen molar-refractivity contribution in [1.29, 1.82) is 0 Å². The Bertz CT molecular complexity index is 264. The Morgan fingerprint density at radius 2 is 0.870 bits per heavy atom. The van der Waals surface area contributed by atoms with Gasteiger partial charge in [-0.3, -0.25) is 0 Å². The van der Waals surface area contributed by atoms with E-state index >= 15 is 0 Å². The van der Waals surface area contributed by atoms with Gasteiger partial charge in [-0.05, 0) is 75.0 Å². The van der Waals surface area contributed by atoms with Gasteiger partial charge in [0, 0.05) is 0 Å².